The highest BCUT2D eigenvalue weighted by atomic mass is 35.5. The number of hydrogen-bond acceptors (Lipinski definition) is 6. The van der Waals surface area contributed by atoms with E-state index >= 15 is 0 Å². The van der Waals surface area contributed by atoms with E-state index in [4.69, 9.17) is 37.4 Å². The zero-order valence-corrected chi connectivity index (χ0v) is 19.2. The van der Waals surface area contributed by atoms with Gasteiger partial charge in [0.15, 0.2) is 18.4 Å². The van der Waals surface area contributed by atoms with Crippen LogP contribution in [0.2, 0.25) is 10.2 Å². The number of ether oxygens (including phenoxy) is 3. The number of fused-ring (bicyclic) bond motifs is 1. The first-order chi connectivity index (χ1) is 15.0. The van der Waals surface area contributed by atoms with E-state index < -0.39 is 5.82 Å². The van der Waals surface area contributed by atoms with Crippen molar-refractivity contribution in [3.63, 3.8) is 0 Å². The van der Waals surface area contributed by atoms with E-state index in [-0.39, 0.29) is 12.5 Å². The summed E-state index contributed by atoms with van der Waals surface area (Å²) in [7, 11) is 3.04. The second-order valence-electron chi connectivity index (χ2n) is 6.60. The van der Waals surface area contributed by atoms with Crippen molar-refractivity contribution in [3.8, 4) is 33.1 Å². The maximum Gasteiger partial charge on any atom is 0.188 e. The smallest absolute Gasteiger partial charge is 0.188 e. The normalized spacial score (nSPS) is 11.2. The molecule has 0 amide bonds. The van der Waals surface area contributed by atoms with Crippen molar-refractivity contribution in [2.24, 2.45) is 0 Å². The van der Waals surface area contributed by atoms with Gasteiger partial charge in [0.25, 0.3) is 0 Å². The molecule has 0 aliphatic heterocycles. The number of hydrogen-bond donors (Lipinski definition) is 0. The van der Waals surface area contributed by atoms with Gasteiger partial charge in [-0.25, -0.2) is 14.4 Å². The molecular formula is C22H17Cl2FN2O3S. The number of nitrogens with zero attached hydrogens (tertiary/aromatic N) is 2. The Labute approximate surface area is 192 Å². The molecule has 0 saturated carbocycles. The zero-order valence-electron chi connectivity index (χ0n) is 16.8. The van der Waals surface area contributed by atoms with Crippen LogP contribution in [0.1, 0.15) is 5.56 Å². The molecule has 5 nitrogen and oxygen atoms in total. The second kappa shape index (κ2) is 8.96. The highest BCUT2D eigenvalue weighted by Crippen LogP contribution is 2.49. The van der Waals surface area contributed by atoms with Crippen LogP contribution in [0.3, 0.4) is 0 Å². The Kier molecular flexibility index (Phi) is 6.29. The van der Waals surface area contributed by atoms with E-state index in [0.29, 0.717) is 26.1 Å². The van der Waals surface area contributed by atoms with Gasteiger partial charge >= 0.3 is 0 Å². The third-order valence-electron chi connectivity index (χ3n) is 4.81. The topological polar surface area (TPSA) is 53.5 Å². The molecule has 31 heavy (non-hydrogen) atoms. The fourth-order valence-electron chi connectivity index (χ4n) is 3.32. The van der Waals surface area contributed by atoms with Crippen molar-refractivity contribution >= 4 is 44.8 Å². The summed E-state index contributed by atoms with van der Waals surface area (Å²) in [5.41, 5.74) is 3.23. The number of thiophene rings is 1. The Balaban J connectivity index is 2.01. The summed E-state index contributed by atoms with van der Waals surface area (Å²) < 4.78 is 29.9. The van der Waals surface area contributed by atoms with Crippen molar-refractivity contribution in [1.29, 1.82) is 0 Å². The molecule has 9 heteroatoms. The minimum absolute atomic E-state index is 0.0653. The van der Waals surface area contributed by atoms with Crippen LogP contribution in [-0.2, 0) is 4.74 Å². The van der Waals surface area contributed by atoms with Gasteiger partial charge in [-0.05, 0) is 41.8 Å². The monoisotopic (exact) mass is 478 g/mol. The number of halogens is 3. The van der Waals surface area contributed by atoms with E-state index in [1.807, 2.05) is 13.0 Å². The van der Waals surface area contributed by atoms with Crippen LogP contribution in [0.5, 0.6) is 11.5 Å². The highest BCUT2D eigenvalue weighted by molar-refractivity contribution is 7.22. The van der Waals surface area contributed by atoms with Gasteiger partial charge in [0.1, 0.15) is 22.1 Å². The molecule has 0 saturated heterocycles. The predicted molar refractivity (Wildman–Crippen MR) is 122 cm³/mol. The van der Waals surface area contributed by atoms with E-state index in [1.54, 1.807) is 25.3 Å². The van der Waals surface area contributed by atoms with Gasteiger partial charge in [-0.3, -0.25) is 0 Å². The standard InChI is InChI=1S/C22H17Cl2FN2O3S/c1-11-13(5-7-15(29-3)19(11)23)17-18-21(24)26-9-27-22(18)31-20(17)12-4-6-14(25)16(8-12)30-10-28-2/h4-9H,10H2,1-3H3. The summed E-state index contributed by atoms with van der Waals surface area (Å²) >= 11 is 14.5. The van der Waals surface area contributed by atoms with E-state index in [1.165, 1.54) is 30.8 Å². The molecule has 0 spiro atoms. The molecule has 0 unspecified atom stereocenters. The lowest BCUT2D eigenvalue weighted by atomic mass is 9.96. The Hall–Kier alpha value is -2.45. The third kappa shape index (κ3) is 3.94. The lowest BCUT2D eigenvalue weighted by Gasteiger charge is -2.14. The lowest BCUT2D eigenvalue weighted by molar-refractivity contribution is 0.0483. The number of aromatic nitrogens is 2. The Morgan fingerprint density at radius 2 is 1.87 bits per heavy atom. The summed E-state index contributed by atoms with van der Waals surface area (Å²) in [5.74, 6) is 0.178. The molecule has 0 bridgehead atoms. The quantitative estimate of drug-likeness (QED) is 0.226. The van der Waals surface area contributed by atoms with Crippen LogP contribution < -0.4 is 9.47 Å². The van der Waals surface area contributed by atoms with Crippen LogP contribution in [0, 0.1) is 12.7 Å². The molecule has 4 rings (SSSR count). The van der Waals surface area contributed by atoms with Gasteiger partial charge in [-0.2, -0.15) is 0 Å². The highest BCUT2D eigenvalue weighted by Gasteiger charge is 2.23. The average Bonchev–Trinajstić information content (AvgIpc) is 3.16. The minimum atomic E-state index is -0.482. The Morgan fingerprint density at radius 1 is 1.06 bits per heavy atom. The molecule has 0 aliphatic carbocycles. The van der Waals surface area contributed by atoms with Crippen molar-refractivity contribution < 1.29 is 18.6 Å². The van der Waals surface area contributed by atoms with Crippen LogP contribution in [-0.4, -0.2) is 31.0 Å². The summed E-state index contributed by atoms with van der Waals surface area (Å²) in [4.78, 5) is 10.1. The molecule has 0 atom stereocenters. The first-order valence-corrected chi connectivity index (χ1v) is 10.7. The fraction of sp³-hybridized carbons (Fsp3) is 0.182. The Bertz CT molecular complexity index is 1280. The van der Waals surface area contributed by atoms with Gasteiger partial charge in [0.05, 0.1) is 17.5 Å². The van der Waals surface area contributed by atoms with Gasteiger partial charge in [-0.1, -0.05) is 35.3 Å². The number of rotatable bonds is 6. The summed E-state index contributed by atoms with van der Waals surface area (Å²) in [6.07, 6.45) is 1.42. The zero-order chi connectivity index (χ0) is 22.1. The average molecular weight is 479 g/mol. The van der Waals surface area contributed by atoms with Gasteiger partial charge in [0, 0.05) is 17.6 Å². The van der Waals surface area contributed by atoms with E-state index in [0.717, 1.165) is 27.1 Å². The van der Waals surface area contributed by atoms with Gasteiger partial charge in [-0.15, -0.1) is 11.3 Å². The molecule has 2 aromatic carbocycles. The van der Waals surface area contributed by atoms with Crippen molar-refractivity contribution in [1.82, 2.24) is 9.97 Å². The van der Waals surface area contributed by atoms with E-state index in [9.17, 15) is 4.39 Å². The van der Waals surface area contributed by atoms with Gasteiger partial charge < -0.3 is 14.2 Å². The SMILES string of the molecule is COCOc1cc(-c2sc3ncnc(Cl)c3c2-c2ccc(OC)c(Cl)c2C)ccc1F. The van der Waals surface area contributed by atoms with Crippen molar-refractivity contribution in [3.05, 3.63) is 58.2 Å². The maximum absolute atomic E-state index is 14.2. The minimum Gasteiger partial charge on any atom is -0.495 e. The van der Waals surface area contributed by atoms with Crippen LogP contribution >= 0.6 is 34.5 Å². The molecule has 2 aromatic heterocycles. The largest absolute Gasteiger partial charge is 0.495 e. The molecule has 0 fully saturated rings. The molecule has 0 N–H and O–H groups in total. The predicted octanol–water partition coefficient (Wildman–Crippen LogP) is 6.77. The third-order valence-corrected chi connectivity index (χ3v) is 6.71. The summed E-state index contributed by atoms with van der Waals surface area (Å²) in [6, 6.07) is 8.39. The molecule has 4 aromatic rings. The van der Waals surface area contributed by atoms with E-state index in [2.05, 4.69) is 9.97 Å². The molecular weight excluding hydrogens is 462 g/mol. The van der Waals surface area contributed by atoms with Crippen LogP contribution in [0.4, 0.5) is 4.39 Å². The molecule has 160 valence electrons. The van der Waals surface area contributed by atoms with Crippen molar-refractivity contribution in [2.75, 3.05) is 21.0 Å². The second-order valence-corrected chi connectivity index (χ2v) is 8.34. The molecule has 0 radical (unpaired) electrons. The summed E-state index contributed by atoms with van der Waals surface area (Å²) in [5, 5.41) is 1.53. The first kappa shape index (κ1) is 21.8. The van der Waals surface area contributed by atoms with Gasteiger partial charge in [0.2, 0.25) is 0 Å². The van der Waals surface area contributed by atoms with Crippen molar-refractivity contribution in [2.45, 2.75) is 6.92 Å². The Morgan fingerprint density at radius 3 is 2.61 bits per heavy atom. The van der Waals surface area contributed by atoms with Crippen LogP contribution in [0.25, 0.3) is 31.8 Å². The first-order valence-electron chi connectivity index (χ1n) is 9.14. The number of methoxy groups -OCH3 is 2. The maximum atomic E-state index is 14.2. The van der Waals surface area contributed by atoms with Crippen LogP contribution in [0.15, 0.2) is 36.7 Å². The fourth-order valence-corrected chi connectivity index (χ4v) is 5.00. The number of benzene rings is 2. The lowest BCUT2D eigenvalue weighted by Crippen LogP contribution is -2.00. The molecule has 2 heterocycles. The summed E-state index contributed by atoms with van der Waals surface area (Å²) in [6.45, 7) is 1.84. The molecule has 0 aliphatic rings.